The second-order valence-electron chi connectivity index (χ2n) is 7.55. The van der Waals surface area contributed by atoms with Crippen LogP contribution in [0.3, 0.4) is 0 Å². The Bertz CT molecular complexity index is 544. The largest absolute Gasteiger partial charge is 0.490 e. The van der Waals surface area contributed by atoms with Gasteiger partial charge in [-0.2, -0.15) is 0 Å². The van der Waals surface area contributed by atoms with Crippen molar-refractivity contribution < 1.29 is 14.3 Å². The minimum atomic E-state index is 0.108. The van der Waals surface area contributed by atoms with Gasteiger partial charge in [-0.3, -0.25) is 4.79 Å². The molecule has 144 valence electrons. The molecule has 0 N–H and O–H groups in total. The van der Waals surface area contributed by atoms with Crippen molar-refractivity contribution in [3.05, 3.63) is 24.3 Å². The zero-order chi connectivity index (χ0) is 18.2. The van der Waals surface area contributed by atoms with Crippen molar-refractivity contribution in [3.63, 3.8) is 0 Å². The number of hydrogen-bond acceptors (Lipinski definition) is 3. The van der Waals surface area contributed by atoms with Crippen LogP contribution in [0.25, 0.3) is 0 Å². The highest BCUT2D eigenvalue weighted by Gasteiger charge is 2.32. The molecule has 0 aromatic heterocycles. The van der Waals surface area contributed by atoms with Gasteiger partial charge in [0.1, 0.15) is 0 Å². The van der Waals surface area contributed by atoms with Crippen molar-refractivity contribution in [2.75, 3.05) is 13.2 Å². The lowest BCUT2D eigenvalue weighted by atomic mass is 9.88. The first-order valence-corrected chi connectivity index (χ1v) is 10.5. The maximum absolute atomic E-state index is 13.1. The van der Waals surface area contributed by atoms with Crippen molar-refractivity contribution >= 4 is 5.91 Å². The maximum Gasteiger partial charge on any atom is 0.261 e. The fourth-order valence-electron chi connectivity index (χ4n) is 4.48. The van der Waals surface area contributed by atoms with E-state index >= 15 is 0 Å². The molecule has 0 heterocycles. The Kier molecular flexibility index (Phi) is 7.22. The third kappa shape index (κ3) is 4.93. The van der Waals surface area contributed by atoms with Gasteiger partial charge < -0.3 is 14.4 Å². The van der Waals surface area contributed by atoms with Gasteiger partial charge in [-0.25, -0.2) is 0 Å². The van der Waals surface area contributed by atoms with E-state index in [1.54, 1.807) is 0 Å². The first-order valence-electron chi connectivity index (χ1n) is 10.5. The van der Waals surface area contributed by atoms with E-state index in [-0.39, 0.29) is 12.5 Å². The first-order chi connectivity index (χ1) is 12.8. The average molecular weight is 360 g/mol. The molecule has 0 saturated heterocycles. The fraction of sp³-hybridized carbons (Fsp3) is 0.682. The Morgan fingerprint density at radius 3 is 1.88 bits per heavy atom. The number of benzene rings is 1. The summed E-state index contributed by atoms with van der Waals surface area (Å²) in [5.74, 6) is 1.52. The average Bonchev–Trinajstić information content (AvgIpc) is 2.69. The van der Waals surface area contributed by atoms with Gasteiger partial charge in [0.25, 0.3) is 5.91 Å². The molecule has 1 aromatic carbocycles. The molecule has 2 fully saturated rings. The molecule has 0 unspecified atom stereocenters. The van der Waals surface area contributed by atoms with Crippen LogP contribution in [0.15, 0.2) is 24.3 Å². The Morgan fingerprint density at radius 1 is 0.885 bits per heavy atom. The van der Waals surface area contributed by atoms with Crippen LogP contribution in [0, 0.1) is 0 Å². The summed E-state index contributed by atoms with van der Waals surface area (Å²) in [5.41, 5.74) is 0. The molecule has 1 amide bonds. The molecule has 2 saturated carbocycles. The van der Waals surface area contributed by atoms with Crippen molar-refractivity contribution in [3.8, 4) is 11.5 Å². The standard InChI is InChI=1S/C22H33NO3/c1-2-25-20-15-9-10-16-21(20)26-17-22(24)23(18-11-5-3-6-12-18)19-13-7-4-8-14-19/h9-10,15-16,18-19H,2-8,11-14,17H2,1H3. The highest BCUT2D eigenvalue weighted by atomic mass is 16.5. The van der Waals surface area contributed by atoms with Crippen LogP contribution in [0.4, 0.5) is 0 Å². The number of rotatable bonds is 7. The maximum atomic E-state index is 13.1. The van der Waals surface area contributed by atoms with Crippen LogP contribution in [-0.4, -0.2) is 36.1 Å². The molecule has 2 aliphatic carbocycles. The number of ether oxygens (including phenoxy) is 2. The van der Waals surface area contributed by atoms with Gasteiger partial charge in [-0.1, -0.05) is 50.7 Å². The van der Waals surface area contributed by atoms with Crippen LogP contribution in [-0.2, 0) is 4.79 Å². The SMILES string of the molecule is CCOc1ccccc1OCC(=O)N(C1CCCCC1)C1CCCCC1. The molecule has 0 aliphatic heterocycles. The monoisotopic (exact) mass is 359 g/mol. The Balaban J connectivity index is 1.66. The molecule has 4 heteroatoms. The zero-order valence-electron chi connectivity index (χ0n) is 16.1. The Morgan fingerprint density at radius 2 is 1.38 bits per heavy atom. The predicted octanol–water partition coefficient (Wildman–Crippen LogP) is 4.96. The molecule has 1 aromatic rings. The van der Waals surface area contributed by atoms with Crippen molar-refractivity contribution in [2.24, 2.45) is 0 Å². The molecule has 3 rings (SSSR count). The van der Waals surface area contributed by atoms with Gasteiger partial charge in [-0.05, 0) is 44.7 Å². The number of nitrogens with zero attached hydrogens (tertiary/aromatic N) is 1. The minimum Gasteiger partial charge on any atom is -0.490 e. The lowest BCUT2D eigenvalue weighted by molar-refractivity contribution is -0.140. The van der Waals surface area contributed by atoms with Crippen LogP contribution in [0.2, 0.25) is 0 Å². The van der Waals surface area contributed by atoms with Gasteiger partial charge in [0.2, 0.25) is 0 Å². The van der Waals surface area contributed by atoms with E-state index < -0.39 is 0 Å². The summed E-state index contributed by atoms with van der Waals surface area (Å²) in [7, 11) is 0. The third-order valence-corrected chi connectivity index (χ3v) is 5.72. The number of para-hydroxylation sites is 2. The second kappa shape index (κ2) is 9.84. The van der Waals surface area contributed by atoms with E-state index in [2.05, 4.69) is 4.90 Å². The summed E-state index contributed by atoms with van der Waals surface area (Å²) in [6.45, 7) is 2.65. The summed E-state index contributed by atoms with van der Waals surface area (Å²) in [6.07, 6.45) is 12.2. The summed E-state index contributed by atoms with van der Waals surface area (Å²) < 4.78 is 11.5. The van der Waals surface area contributed by atoms with Gasteiger partial charge in [-0.15, -0.1) is 0 Å². The molecule has 0 spiro atoms. The highest BCUT2D eigenvalue weighted by Crippen LogP contribution is 2.31. The number of carbonyl (C=O) groups excluding carboxylic acids is 1. The molecular weight excluding hydrogens is 326 g/mol. The van der Waals surface area contributed by atoms with Gasteiger partial charge in [0.15, 0.2) is 18.1 Å². The third-order valence-electron chi connectivity index (χ3n) is 5.72. The van der Waals surface area contributed by atoms with E-state index in [1.807, 2.05) is 31.2 Å². The highest BCUT2D eigenvalue weighted by molar-refractivity contribution is 5.78. The number of hydrogen-bond donors (Lipinski definition) is 0. The van der Waals surface area contributed by atoms with Crippen LogP contribution in [0.1, 0.15) is 71.1 Å². The lowest BCUT2D eigenvalue weighted by Gasteiger charge is -2.41. The topological polar surface area (TPSA) is 38.8 Å². The van der Waals surface area contributed by atoms with Crippen LogP contribution < -0.4 is 9.47 Å². The van der Waals surface area contributed by atoms with Gasteiger partial charge in [0, 0.05) is 12.1 Å². The van der Waals surface area contributed by atoms with Gasteiger partial charge >= 0.3 is 0 Å². The lowest BCUT2D eigenvalue weighted by Crippen LogP contribution is -2.50. The second-order valence-corrected chi connectivity index (χ2v) is 7.55. The normalized spacial score (nSPS) is 19.1. The van der Waals surface area contributed by atoms with Crippen molar-refractivity contribution in [1.82, 2.24) is 4.90 Å². The molecule has 0 radical (unpaired) electrons. The Labute approximate surface area is 157 Å². The van der Waals surface area contributed by atoms with Gasteiger partial charge in [0.05, 0.1) is 6.61 Å². The molecule has 2 aliphatic rings. The first kappa shape index (κ1) is 19.1. The fourth-order valence-corrected chi connectivity index (χ4v) is 4.48. The summed E-state index contributed by atoms with van der Waals surface area (Å²) in [6, 6.07) is 8.43. The van der Waals surface area contributed by atoms with E-state index in [0.29, 0.717) is 30.2 Å². The van der Waals surface area contributed by atoms with Crippen LogP contribution >= 0.6 is 0 Å². The number of carbonyl (C=O) groups is 1. The molecule has 26 heavy (non-hydrogen) atoms. The summed E-state index contributed by atoms with van der Waals surface area (Å²) in [4.78, 5) is 15.4. The smallest absolute Gasteiger partial charge is 0.261 e. The molecule has 0 atom stereocenters. The predicted molar refractivity (Wildman–Crippen MR) is 104 cm³/mol. The summed E-state index contributed by atoms with van der Waals surface area (Å²) >= 11 is 0. The number of amides is 1. The van der Waals surface area contributed by atoms with E-state index in [1.165, 1.54) is 38.5 Å². The zero-order valence-corrected chi connectivity index (χ0v) is 16.1. The van der Waals surface area contributed by atoms with Crippen molar-refractivity contribution in [1.29, 1.82) is 0 Å². The molecular formula is C22H33NO3. The minimum absolute atomic E-state index is 0.108. The van der Waals surface area contributed by atoms with Crippen molar-refractivity contribution in [2.45, 2.75) is 83.2 Å². The Hall–Kier alpha value is -1.71. The summed E-state index contributed by atoms with van der Waals surface area (Å²) in [5, 5.41) is 0. The van der Waals surface area contributed by atoms with E-state index in [9.17, 15) is 4.79 Å². The van der Waals surface area contributed by atoms with E-state index in [4.69, 9.17) is 9.47 Å². The molecule has 0 bridgehead atoms. The van der Waals surface area contributed by atoms with Crippen LogP contribution in [0.5, 0.6) is 11.5 Å². The van der Waals surface area contributed by atoms with E-state index in [0.717, 1.165) is 25.7 Å². The molecule has 4 nitrogen and oxygen atoms in total. The quantitative estimate of drug-likeness (QED) is 0.691.